The van der Waals surface area contributed by atoms with Gasteiger partial charge in [0.1, 0.15) is 6.54 Å². The van der Waals surface area contributed by atoms with Crippen LogP contribution in [-0.4, -0.2) is 76.9 Å². The van der Waals surface area contributed by atoms with Gasteiger partial charge in [0.05, 0.1) is 16.1 Å². The molecule has 0 saturated heterocycles. The molecule has 224 valence electrons. The van der Waals surface area contributed by atoms with E-state index in [9.17, 15) is 31.3 Å². The summed E-state index contributed by atoms with van der Waals surface area (Å²) in [6.45, 7) is 10.6. The summed E-state index contributed by atoms with van der Waals surface area (Å²) >= 11 is 0. The number of benzene rings is 1. The highest BCUT2D eigenvalue weighted by Gasteiger charge is 2.44. The van der Waals surface area contributed by atoms with E-state index in [0.717, 1.165) is 22.7 Å². The molecule has 1 atom stereocenters. The Kier molecular flexibility index (Phi) is 9.48. The molecule has 2 aliphatic heterocycles. The van der Waals surface area contributed by atoms with Gasteiger partial charge in [0.15, 0.2) is 5.71 Å². The van der Waals surface area contributed by atoms with E-state index in [0.29, 0.717) is 18.7 Å². The number of carboxylic acid groups (broad SMARTS) is 1. The second-order valence-electron chi connectivity index (χ2n) is 10.9. The third-order valence-electron chi connectivity index (χ3n) is 7.73. The van der Waals surface area contributed by atoms with Crippen LogP contribution in [0.3, 0.4) is 0 Å². The topological polar surface area (TPSA) is 165 Å². The van der Waals surface area contributed by atoms with Crippen molar-refractivity contribution >= 4 is 43.3 Å². The largest absolute Gasteiger partial charge is 0.481 e. The first-order valence-corrected chi connectivity index (χ1v) is 16.3. The van der Waals surface area contributed by atoms with Crippen LogP contribution in [0, 0.1) is 5.41 Å². The zero-order chi connectivity index (χ0) is 30.8. The van der Waals surface area contributed by atoms with Crippen LogP contribution in [-0.2, 0) is 30.4 Å². The lowest BCUT2D eigenvalue weighted by atomic mass is 9.78. The maximum atomic E-state index is 11.7. The van der Waals surface area contributed by atoms with Crippen LogP contribution in [0.25, 0.3) is 0 Å². The zero-order valence-electron chi connectivity index (χ0n) is 23.9. The normalized spacial score (nSPS) is 21.9. The van der Waals surface area contributed by atoms with Gasteiger partial charge < -0.3 is 5.11 Å². The molecule has 3 rings (SSSR count). The van der Waals surface area contributed by atoms with Crippen molar-refractivity contribution in [1.82, 2.24) is 5.01 Å². The van der Waals surface area contributed by atoms with E-state index in [1.165, 1.54) is 12.1 Å². The molecule has 2 heterocycles. The summed E-state index contributed by atoms with van der Waals surface area (Å²) in [6.07, 6.45) is 9.63. The number of nitrogens with zero attached hydrogens (tertiary/aromatic N) is 3. The summed E-state index contributed by atoms with van der Waals surface area (Å²) in [5, 5.41) is 15.5. The molecule has 11 nitrogen and oxygen atoms in total. The van der Waals surface area contributed by atoms with Crippen molar-refractivity contribution in [2.75, 3.05) is 18.8 Å². The second kappa shape index (κ2) is 12.0. The number of aliphatic carboxylic acids is 1. The number of carboxylic acids is 1. The molecular weight excluding hydrogens is 570 g/mol. The average molecular weight is 609 g/mol. The highest BCUT2D eigenvalue weighted by molar-refractivity contribution is 7.86. The molecule has 2 aliphatic rings. The van der Waals surface area contributed by atoms with E-state index in [2.05, 4.69) is 9.68 Å². The fraction of sp³-hybridized carbons (Fsp3) is 0.464. The number of hydrogen-bond donors (Lipinski definition) is 3. The Hall–Kier alpha value is -3.13. The molecule has 0 fully saturated rings. The summed E-state index contributed by atoms with van der Waals surface area (Å²) in [5.41, 5.74) is 2.83. The molecule has 1 aromatic rings. The van der Waals surface area contributed by atoms with Gasteiger partial charge in [0.25, 0.3) is 20.2 Å². The molecular formula is C28H38N3O8S2+. The van der Waals surface area contributed by atoms with E-state index in [1.54, 1.807) is 17.2 Å². The van der Waals surface area contributed by atoms with Crippen LogP contribution in [0.1, 0.15) is 59.4 Å². The number of hydrogen-bond acceptors (Lipinski definition) is 7. The van der Waals surface area contributed by atoms with Crippen LogP contribution < -0.4 is 0 Å². The number of allylic oxidation sites excluding steroid dienone is 6. The predicted octanol–water partition coefficient (Wildman–Crippen LogP) is 4.17. The number of hydrazone groups is 1. The van der Waals surface area contributed by atoms with Gasteiger partial charge in [-0.05, 0) is 65.7 Å². The Morgan fingerprint density at radius 2 is 1.78 bits per heavy atom. The lowest BCUT2D eigenvalue weighted by Crippen LogP contribution is -2.29. The highest BCUT2D eigenvalue weighted by Crippen LogP contribution is 2.42. The molecule has 0 bridgehead atoms. The fourth-order valence-corrected chi connectivity index (χ4v) is 6.33. The number of rotatable bonds is 12. The second-order valence-corrected chi connectivity index (χ2v) is 13.9. The van der Waals surface area contributed by atoms with Crippen LogP contribution in [0.5, 0.6) is 0 Å². The van der Waals surface area contributed by atoms with Crippen molar-refractivity contribution in [1.29, 1.82) is 0 Å². The fourth-order valence-electron chi connectivity index (χ4n) is 5.33. The first-order valence-electron chi connectivity index (χ1n) is 13.2. The number of carbonyl (C=O) groups is 1. The summed E-state index contributed by atoms with van der Waals surface area (Å²) in [7, 11) is -8.46. The lowest BCUT2D eigenvalue weighted by molar-refractivity contribution is -0.433. The summed E-state index contributed by atoms with van der Waals surface area (Å²) in [6, 6.07) is 4.59. The van der Waals surface area contributed by atoms with Crippen LogP contribution in [0.15, 0.2) is 64.3 Å². The van der Waals surface area contributed by atoms with Gasteiger partial charge in [-0.1, -0.05) is 18.2 Å². The van der Waals surface area contributed by atoms with Crippen molar-refractivity contribution < 1.29 is 40.4 Å². The van der Waals surface area contributed by atoms with Crippen molar-refractivity contribution in [3.63, 3.8) is 0 Å². The van der Waals surface area contributed by atoms with Gasteiger partial charge in [0.2, 0.25) is 5.69 Å². The Morgan fingerprint density at radius 1 is 1.10 bits per heavy atom. The molecule has 13 heteroatoms. The van der Waals surface area contributed by atoms with Gasteiger partial charge in [0, 0.05) is 47.5 Å². The molecule has 0 aromatic heterocycles. The van der Waals surface area contributed by atoms with E-state index in [-0.39, 0.29) is 24.3 Å². The Morgan fingerprint density at radius 3 is 2.37 bits per heavy atom. The van der Waals surface area contributed by atoms with E-state index in [1.807, 2.05) is 58.9 Å². The van der Waals surface area contributed by atoms with Gasteiger partial charge in [-0.2, -0.15) is 26.5 Å². The van der Waals surface area contributed by atoms with Gasteiger partial charge in [-0.25, -0.2) is 0 Å². The predicted molar refractivity (Wildman–Crippen MR) is 157 cm³/mol. The van der Waals surface area contributed by atoms with Crippen molar-refractivity contribution in [3.05, 3.63) is 59.8 Å². The van der Waals surface area contributed by atoms with Crippen molar-refractivity contribution in [2.45, 2.75) is 64.2 Å². The quantitative estimate of drug-likeness (QED) is 0.179. The standard InChI is InChI=1S/C28H37N3O8S2/c1-6-30-23-14-13-21(41(37,38)39)19-22(23)27(3,4)24(30)11-8-7-9-12-25-28(5,16-15-26(32)33)20(2)29-31(25)17-10-18-40(34,35)36/h7-9,11-14,19H,6,10,15-18H2,1-5H3,(H2-,32,33,34,35,36,37,38,39)/p+1. The summed E-state index contributed by atoms with van der Waals surface area (Å²) < 4.78 is 66.5. The van der Waals surface area contributed by atoms with Crippen LogP contribution in [0.4, 0.5) is 5.69 Å². The molecule has 0 radical (unpaired) electrons. The van der Waals surface area contributed by atoms with Gasteiger partial charge >= 0.3 is 5.97 Å². The molecule has 0 amide bonds. The van der Waals surface area contributed by atoms with Gasteiger partial charge in [-0.15, -0.1) is 0 Å². The first kappa shape index (κ1) is 32.4. The third kappa shape index (κ3) is 7.21. The summed E-state index contributed by atoms with van der Waals surface area (Å²) in [4.78, 5) is 11.2. The first-order chi connectivity index (χ1) is 18.9. The van der Waals surface area contributed by atoms with Crippen LogP contribution >= 0.6 is 0 Å². The molecule has 41 heavy (non-hydrogen) atoms. The smallest absolute Gasteiger partial charge is 0.303 e. The maximum absolute atomic E-state index is 11.7. The molecule has 0 spiro atoms. The average Bonchev–Trinajstić information content (AvgIpc) is 3.22. The zero-order valence-corrected chi connectivity index (χ0v) is 25.5. The maximum Gasteiger partial charge on any atom is 0.303 e. The Bertz CT molecular complexity index is 1590. The van der Waals surface area contributed by atoms with E-state index in [4.69, 9.17) is 4.55 Å². The summed E-state index contributed by atoms with van der Waals surface area (Å²) in [5.74, 6) is -1.34. The molecule has 0 aliphatic carbocycles. The van der Waals surface area contributed by atoms with E-state index >= 15 is 0 Å². The SMILES string of the molecule is CC[N+]1=C(/C=C/C=C/C=C2/N(CCCS(=O)(=O)O)N=C(C)C2(C)CCC(=O)O)C(C)(C)c2cc(S(=O)(=O)O)ccc21. The van der Waals surface area contributed by atoms with Crippen LogP contribution in [0.2, 0.25) is 0 Å². The molecule has 0 saturated carbocycles. The van der Waals surface area contributed by atoms with Crippen molar-refractivity contribution in [3.8, 4) is 0 Å². The monoisotopic (exact) mass is 608 g/mol. The molecule has 3 N–H and O–H groups in total. The highest BCUT2D eigenvalue weighted by atomic mass is 32.2. The minimum Gasteiger partial charge on any atom is -0.481 e. The van der Waals surface area contributed by atoms with Crippen molar-refractivity contribution in [2.24, 2.45) is 10.5 Å². The Labute approximate surface area is 241 Å². The third-order valence-corrected chi connectivity index (χ3v) is 9.39. The minimum atomic E-state index is -4.34. The molecule has 1 aromatic carbocycles. The number of fused-ring (bicyclic) bond motifs is 1. The molecule has 1 unspecified atom stereocenters. The lowest BCUT2D eigenvalue weighted by Gasteiger charge is -2.28. The van der Waals surface area contributed by atoms with E-state index < -0.39 is 42.8 Å². The minimum absolute atomic E-state index is 0.0662. The Balaban J connectivity index is 1.90. The van der Waals surface area contributed by atoms with Gasteiger partial charge in [-0.3, -0.25) is 18.9 Å².